The normalized spacial score (nSPS) is 10.9. The number of esters is 1. The Morgan fingerprint density at radius 1 is 1.42 bits per heavy atom. The summed E-state index contributed by atoms with van der Waals surface area (Å²) in [5.41, 5.74) is 3.38. The van der Waals surface area contributed by atoms with E-state index in [0.717, 1.165) is 36.0 Å². The Kier molecular flexibility index (Phi) is 4.22. The summed E-state index contributed by atoms with van der Waals surface area (Å²) >= 11 is 0. The number of rotatable bonds is 5. The average molecular weight is 260 g/mol. The summed E-state index contributed by atoms with van der Waals surface area (Å²) in [7, 11) is 0. The molecule has 1 heterocycles. The van der Waals surface area contributed by atoms with Gasteiger partial charge in [-0.15, -0.1) is 0 Å². The zero-order valence-electron chi connectivity index (χ0n) is 11.7. The number of aryl methyl sites for hydroxylation is 1. The van der Waals surface area contributed by atoms with Gasteiger partial charge in [0.25, 0.3) is 0 Å². The lowest BCUT2D eigenvalue weighted by atomic mass is 10.1. The fourth-order valence-corrected chi connectivity index (χ4v) is 2.26. The minimum Gasteiger partial charge on any atom is -0.426 e. The third-order valence-electron chi connectivity index (χ3n) is 3.16. The van der Waals surface area contributed by atoms with Crippen LogP contribution in [0, 0.1) is 6.92 Å². The molecule has 4 heteroatoms. The highest BCUT2D eigenvalue weighted by Crippen LogP contribution is 2.31. The number of aromatic amines is 1. The maximum atomic E-state index is 11.2. The van der Waals surface area contributed by atoms with Gasteiger partial charge in [0.15, 0.2) is 0 Å². The molecule has 0 fully saturated rings. The molecule has 1 aromatic carbocycles. The van der Waals surface area contributed by atoms with Crippen molar-refractivity contribution >= 4 is 16.9 Å². The van der Waals surface area contributed by atoms with Crippen LogP contribution in [0.3, 0.4) is 0 Å². The summed E-state index contributed by atoms with van der Waals surface area (Å²) in [6.07, 6.45) is 2.91. The first-order valence-electron chi connectivity index (χ1n) is 6.62. The fraction of sp³-hybridized carbons (Fsp3) is 0.400. The summed E-state index contributed by atoms with van der Waals surface area (Å²) in [6, 6.07) is 3.83. The number of carbonyl (C=O) groups is 1. The van der Waals surface area contributed by atoms with Gasteiger partial charge in [0, 0.05) is 18.5 Å². The highest BCUT2D eigenvalue weighted by atomic mass is 16.5. The molecule has 0 amide bonds. The first-order valence-corrected chi connectivity index (χ1v) is 6.62. The predicted molar refractivity (Wildman–Crippen MR) is 76.6 cm³/mol. The van der Waals surface area contributed by atoms with Gasteiger partial charge >= 0.3 is 5.97 Å². The third-order valence-corrected chi connectivity index (χ3v) is 3.16. The number of nitrogens with one attached hydrogen (secondary N) is 2. The summed E-state index contributed by atoms with van der Waals surface area (Å²) in [4.78, 5) is 14.5. The van der Waals surface area contributed by atoms with Gasteiger partial charge in [0.1, 0.15) is 5.75 Å². The van der Waals surface area contributed by atoms with Gasteiger partial charge in [-0.3, -0.25) is 4.79 Å². The van der Waals surface area contributed by atoms with Crippen molar-refractivity contribution in [2.45, 2.75) is 27.2 Å². The Labute approximate surface area is 113 Å². The Morgan fingerprint density at radius 2 is 2.21 bits per heavy atom. The van der Waals surface area contributed by atoms with E-state index < -0.39 is 0 Å². The van der Waals surface area contributed by atoms with Gasteiger partial charge in [-0.2, -0.15) is 0 Å². The van der Waals surface area contributed by atoms with Crippen molar-refractivity contribution < 1.29 is 9.53 Å². The maximum Gasteiger partial charge on any atom is 0.308 e. The van der Waals surface area contributed by atoms with Crippen LogP contribution in [0.5, 0.6) is 5.75 Å². The van der Waals surface area contributed by atoms with E-state index >= 15 is 0 Å². The van der Waals surface area contributed by atoms with Crippen LogP contribution in [-0.4, -0.2) is 24.0 Å². The van der Waals surface area contributed by atoms with Crippen molar-refractivity contribution in [2.24, 2.45) is 0 Å². The smallest absolute Gasteiger partial charge is 0.308 e. The largest absolute Gasteiger partial charge is 0.426 e. The molecule has 0 saturated carbocycles. The zero-order valence-corrected chi connectivity index (χ0v) is 11.7. The molecule has 0 aliphatic rings. The topological polar surface area (TPSA) is 54.1 Å². The summed E-state index contributed by atoms with van der Waals surface area (Å²) < 4.78 is 5.31. The first-order chi connectivity index (χ1) is 9.13. The highest BCUT2D eigenvalue weighted by molar-refractivity contribution is 5.93. The highest BCUT2D eigenvalue weighted by Gasteiger charge is 2.12. The number of likely N-dealkylation sites (N-methyl/N-ethyl adjacent to an activating group) is 1. The fourth-order valence-electron chi connectivity index (χ4n) is 2.26. The molecule has 4 nitrogen and oxygen atoms in total. The quantitative estimate of drug-likeness (QED) is 0.493. The van der Waals surface area contributed by atoms with Crippen molar-refractivity contribution in [1.82, 2.24) is 10.3 Å². The number of hydrogen-bond donors (Lipinski definition) is 2. The van der Waals surface area contributed by atoms with Gasteiger partial charge in [-0.1, -0.05) is 13.0 Å². The van der Waals surface area contributed by atoms with Gasteiger partial charge in [0.05, 0.1) is 5.52 Å². The molecule has 2 rings (SSSR count). The van der Waals surface area contributed by atoms with Gasteiger partial charge < -0.3 is 15.0 Å². The molecule has 102 valence electrons. The van der Waals surface area contributed by atoms with Crippen LogP contribution in [-0.2, 0) is 11.2 Å². The molecule has 0 atom stereocenters. The van der Waals surface area contributed by atoms with Crippen molar-refractivity contribution in [3.05, 3.63) is 29.5 Å². The van der Waals surface area contributed by atoms with E-state index in [4.69, 9.17) is 4.74 Å². The number of benzene rings is 1. The molecular formula is C15H20N2O2. The number of hydrogen-bond acceptors (Lipinski definition) is 3. The molecule has 0 saturated heterocycles. The van der Waals surface area contributed by atoms with Gasteiger partial charge in [0.2, 0.25) is 0 Å². The molecule has 0 spiro atoms. The summed E-state index contributed by atoms with van der Waals surface area (Å²) in [5, 5.41) is 4.33. The van der Waals surface area contributed by atoms with Crippen LogP contribution >= 0.6 is 0 Å². The van der Waals surface area contributed by atoms with Crippen molar-refractivity contribution in [3.8, 4) is 5.75 Å². The van der Waals surface area contributed by atoms with Gasteiger partial charge in [-0.25, -0.2) is 0 Å². The molecule has 0 radical (unpaired) electrons. The molecule has 0 aliphatic carbocycles. The zero-order chi connectivity index (χ0) is 13.8. The van der Waals surface area contributed by atoms with E-state index in [9.17, 15) is 4.79 Å². The van der Waals surface area contributed by atoms with Crippen LogP contribution in [0.4, 0.5) is 0 Å². The van der Waals surface area contributed by atoms with Crippen LogP contribution < -0.4 is 10.1 Å². The van der Waals surface area contributed by atoms with Crippen LogP contribution in [0.2, 0.25) is 0 Å². The van der Waals surface area contributed by atoms with E-state index in [0.29, 0.717) is 5.75 Å². The Morgan fingerprint density at radius 3 is 2.89 bits per heavy atom. The second kappa shape index (κ2) is 5.89. The Balaban J connectivity index is 2.41. The minimum atomic E-state index is -0.288. The summed E-state index contributed by atoms with van der Waals surface area (Å²) in [5.74, 6) is 0.352. The van der Waals surface area contributed by atoms with E-state index in [-0.39, 0.29) is 5.97 Å². The lowest BCUT2D eigenvalue weighted by Gasteiger charge is -2.07. The lowest BCUT2D eigenvalue weighted by Crippen LogP contribution is -2.16. The Bertz CT molecular complexity index is 587. The third kappa shape index (κ3) is 2.96. The molecule has 19 heavy (non-hydrogen) atoms. The van der Waals surface area contributed by atoms with E-state index in [2.05, 4.69) is 17.2 Å². The molecular weight excluding hydrogens is 240 g/mol. The molecule has 2 aromatic rings. The van der Waals surface area contributed by atoms with Crippen molar-refractivity contribution in [3.63, 3.8) is 0 Å². The number of fused-ring (bicyclic) bond motifs is 1. The van der Waals surface area contributed by atoms with Crippen molar-refractivity contribution in [1.29, 1.82) is 0 Å². The SMILES string of the molecule is CCNCCc1c[nH]c2c(C)ccc(OC(C)=O)c12. The number of aromatic nitrogens is 1. The summed E-state index contributed by atoms with van der Waals surface area (Å²) in [6.45, 7) is 7.43. The van der Waals surface area contributed by atoms with Crippen LogP contribution in [0.1, 0.15) is 25.0 Å². The molecule has 0 unspecified atom stereocenters. The standard InChI is InChI=1S/C15H20N2O2/c1-4-16-8-7-12-9-17-15-10(2)5-6-13(14(12)15)19-11(3)18/h5-6,9,16-17H,4,7-8H2,1-3H3. The number of carbonyl (C=O) groups excluding carboxylic acids is 1. The second-order valence-corrected chi connectivity index (χ2v) is 4.64. The maximum absolute atomic E-state index is 11.2. The van der Waals surface area contributed by atoms with E-state index in [1.807, 2.05) is 25.3 Å². The monoisotopic (exact) mass is 260 g/mol. The molecule has 0 aliphatic heterocycles. The lowest BCUT2D eigenvalue weighted by molar-refractivity contribution is -0.131. The number of ether oxygens (including phenoxy) is 1. The first kappa shape index (κ1) is 13.6. The van der Waals surface area contributed by atoms with E-state index in [1.54, 1.807) is 0 Å². The van der Waals surface area contributed by atoms with Crippen molar-refractivity contribution in [2.75, 3.05) is 13.1 Å². The Hall–Kier alpha value is -1.81. The van der Waals surface area contributed by atoms with Crippen LogP contribution in [0.15, 0.2) is 18.3 Å². The second-order valence-electron chi connectivity index (χ2n) is 4.64. The minimum absolute atomic E-state index is 0.288. The average Bonchev–Trinajstić information content (AvgIpc) is 2.78. The molecule has 0 bridgehead atoms. The number of H-pyrrole nitrogens is 1. The predicted octanol–water partition coefficient (Wildman–Crippen LogP) is 2.55. The van der Waals surface area contributed by atoms with Gasteiger partial charge in [-0.05, 0) is 43.6 Å². The molecule has 2 N–H and O–H groups in total. The van der Waals surface area contributed by atoms with E-state index in [1.165, 1.54) is 12.5 Å². The molecule has 1 aromatic heterocycles. The van der Waals surface area contributed by atoms with Crippen LogP contribution in [0.25, 0.3) is 10.9 Å².